The number of hydrogen-bond donors (Lipinski definition) is 1. The van der Waals surface area contributed by atoms with Crippen LogP contribution in [0.5, 0.6) is 5.88 Å². The molecule has 3 aromatic heterocycles. The number of aromatic nitrogens is 4. The average Bonchev–Trinajstić information content (AvgIpc) is 3.18. The van der Waals surface area contributed by atoms with Crippen LogP contribution >= 0.6 is 0 Å². The third kappa shape index (κ3) is 3.30. The molecular formula is C19H15F3N6O2. The lowest BCUT2D eigenvalue weighted by Crippen LogP contribution is -2.22. The lowest BCUT2D eigenvalue weighted by molar-refractivity contribution is -0.117. The summed E-state index contributed by atoms with van der Waals surface area (Å²) in [6, 6.07) is 4.12. The van der Waals surface area contributed by atoms with E-state index in [0.717, 1.165) is 6.20 Å². The van der Waals surface area contributed by atoms with Gasteiger partial charge in [0.1, 0.15) is 11.6 Å². The Bertz CT molecular complexity index is 1200. The number of ether oxygens (including phenoxy) is 1. The molecule has 8 nitrogen and oxygen atoms in total. The lowest BCUT2D eigenvalue weighted by atomic mass is 9.88. The molecule has 11 heteroatoms. The first-order valence-electron chi connectivity index (χ1n) is 8.90. The zero-order chi connectivity index (χ0) is 21.6. The fourth-order valence-electron chi connectivity index (χ4n) is 3.81. The van der Waals surface area contributed by atoms with Gasteiger partial charge in [-0.05, 0) is 12.5 Å². The Balaban J connectivity index is 1.65. The molecule has 1 amide bonds. The van der Waals surface area contributed by atoms with Crippen molar-refractivity contribution >= 4 is 17.2 Å². The van der Waals surface area contributed by atoms with Crippen molar-refractivity contribution in [3.05, 3.63) is 47.3 Å². The van der Waals surface area contributed by atoms with Gasteiger partial charge >= 0.3 is 6.61 Å². The maximum atomic E-state index is 13.6. The molecule has 0 saturated heterocycles. The molecule has 0 spiro atoms. The molecule has 30 heavy (non-hydrogen) atoms. The highest BCUT2D eigenvalue weighted by Crippen LogP contribution is 2.45. The van der Waals surface area contributed by atoms with Crippen molar-refractivity contribution < 1.29 is 22.7 Å². The molecule has 1 N–H and O–H groups in total. The van der Waals surface area contributed by atoms with Crippen LogP contribution in [-0.2, 0) is 10.2 Å². The van der Waals surface area contributed by atoms with Crippen molar-refractivity contribution in [3.63, 3.8) is 0 Å². The van der Waals surface area contributed by atoms with Crippen LogP contribution in [0.4, 0.5) is 18.9 Å². The SMILES string of the molecule is CC1(C)CC(C(=O)Nc2cnc(OC(F)F)c(C#N)c2)c2cnc3cc(F)nn3c21. The third-order valence-corrected chi connectivity index (χ3v) is 4.97. The molecule has 0 saturated carbocycles. The zero-order valence-corrected chi connectivity index (χ0v) is 15.9. The molecule has 3 aromatic rings. The van der Waals surface area contributed by atoms with Gasteiger partial charge in [-0.15, -0.1) is 5.10 Å². The highest BCUT2D eigenvalue weighted by molar-refractivity contribution is 5.96. The Morgan fingerprint density at radius 2 is 2.13 bits per heavy atom. The van der Waals surface area contributed by atoms with Crippen LogP contribution in [-0.4, -0.2) is 32.1 Å². The number of halogens is 3. The molecule has 0 bridgehead atoms. The molecule has 0 fully saturated rings. The van der Waals surface area contributed by atoms with Crippen LogP contribution in [0, 0.1) is 17.3 Å². The van der Waals surface area contributed by atoms with E-state index in [0.29, 0.717) is 23.3 Å². The summed E-state index contributed by atoms with van der Waals surface area (Å²) in [5.74, 6) is -2.20. The third-order valence-electron chi connectivity index (χ3n) is 4.97. The minimum atomic E-state index is -3.13. The van der Waals surface area contributed by atoms with E-state index in [4.69, 9.17) is 5.26 Å². The van der Waals surface area contributed by atoms with E-state index in [2.05, 4.69) is 25.1 Å². The normalized spacial score (nSPS) is 17.0. The van der Waals surface area contributed by atoms with Gasteiger partial charge in [0.15, 0.2) is 5.65 Å². The Labute approximate surface area is 168 Å². The minimum absolute atomic E-state index is 0.156. The number of nitriles is 1. The number of pyridine rings is 1. The van der Waals surface area contributed by atoms with Gasteiger partial charge in [-0.25, -0.2) is 14.5 Å². The van der Waals surface area contributed by atoms with Gasteiger partial charge in [-0.1, -0.05) is 13.8 Å². The molecule has 0 aliphatic heterocycles. The molecule has 1 aliphatic carbocycles. The summed E-state index contributed by atoms with van der Waals surface area (Å²) >= 11 is 0. The second kappa shape index (κ2) is 6.98. The largest absolute Gasteiger partial charge is 0.415 e. The van der Waals surface area contributed by atoms with Crippen molar-refractivity contribution in [3.8, 4) is 11.9 Å². The number of hydrogen-bond acceptors (Lipinski definition) is 6. The standard InChI is InChI=1S/C19H15F3N6O2/c1-19(2)5-11(12-8-24-14-4-13(20)27-28(14)15(12)19)16(29)26-10-3-9(6-23)17(25-7-10)30-18(21)22/h3-4,7-8,11,18H,5H2,1-2H3,(H,26,29). The van der Waals surface area contributed by atoms with Gasteiger partial charge in [-0.2, -0.15) is 18.4 Å². The highest BCUT2D eigenvalue weighted by atomic mass is 19.3. The minimum Gasteiger partial charge on any atom is -0.415 e. The first-order valence-corrected chi connectivity index (χ1v) is 8.90. The highest BCUT2D eigenvalue weighted by Gasteiger charge is 2.43. The van der Waals surface area contributed by atoms with E-state index < -0.39 is 35.7 Å². The van der Waals surface area contributed by atoms with Crippen molar-refractivity contribution in [1.29, 1.82) is 5.26 Å². The molecule has 1 atom stereocenters. The lowest BCUT2D eigenvalue weighted by Gasteiger charge is -2.19. The summed E-state index contributed by atoms with van der Waals surface area (Å²) in [6.07, 6.45) is 3.08. The van der Waals surface area contributed by atoms with Crippen LogP contribution in [0.25, 0.3) is 5.65 Å². The predicted molar refractivity (Wildman–Crippen MR) is 97.5 cm³/mol. The second-order valence-corrected chi connectivity index (χ2v) is 7.50. The van der Waals surface area contributed by atoms with E-state index in [1.807, 2.05) is 13.8 Å². The van der Waals surface area contributed by atoms with Gasteiger partial charge in [0.2, 0.25) is 17.7 Å². The average molecular weight is 416 g/mol. The number of anilines is 1. The summed E-state index contributed by atoms with van der Waals surface area (Å²) in [5.41, 5.74) is 1.08. The summed E-state index contributed by atoms with van der Waals surface area (Å²) in [7, 11) is 0. The van der Waals surface area contributed by atoms with E-state index in [1.165, 1.54) is 22.8 Å². The van der Waals surface area contributed by atoms with Crippen molar-refractivity contribution in [2.45, 2.75) is 38.2 Å². The number of fused-ring (bicyclic) bond motifs is 3. The van der Waals surface area contributed by atoms with Crippen molar-refractivity contribution in [1.82, 2.24) is 19.6 Å². The smallest absolute Gasteiger partial charge is 0.388 e. The molecule has 0 radical (unpaired) electrons. The molecule has 0 aromatic carbocycles. The van der Waals surface area contributed by atoms with Gasteiger partial charge in [-0.3, -0.25) is 4.79 Å². The summed E-state index contributed by atoms with van der Waals surface area (Å²) in [4.78, 5) is 20.8. The number of alkyl halides is 2. The number of amides is 1. The van der Waals surface area contributed by atoms with Crippen molar-refractivity contribution in [2.75, 3.05) is 5.32 Å². The Morgan fingerprint density at radius 3 is 2.83 bits per heavy atom. The van der Waals surface area contributed by atoms with Crippen molar-refractivity contribution in [2.24, 2.45) is 0 Å². The van der Waals surface area contributed by atoms with E-state index in [1.54, 1.807) is 6.07 Å². The van der Waals surface area contributed by atoms with Crippen LogP contribution in [0.3, 0.4) is 0 Å². The number of carbonyl (C=O) groups is 1. The molecule has 4 rings (SSSR count). The van der Waals surface area contributed by atoms with Crippen LogP contribution in [0.2, 0.25) is 0 Å². The molecule has 1 unspecified atom stereocenters. The van der Waals surface area contributed by atoms with Gasteiger partial charge in [0.05, 0.1) is 23.5 Å². The molecular weight excluding hydrogens is 401 g/mol. The van der Waals surface area contributed by atoms with Crippen LogP contribution in [0.1, 0.15) is 43.0 Å². The predicted octanol–water partition coefficient (Wildman–Crippen LogP) is 3.14. The molecule has 1 aliphatic rings. The number of rotatable bonds is 4. The Morgan fingerprint density at radius 1 is 1.37 bits per heavy atom. The van der Waals surface area contributed by atoms with E-state index in [9.17, 15) is 18.0 Å². The van der Waals surface area contributed by atoms with Gasteiger partial charge in [0.25, 0.3) is 0 Å². The first-order chi connectivity index (χ1) is 14.2. The number of carbonyl (C=O) groups excluding carboxylic acids is 1. The zero-order valence-electron chi connectivity index (χ0n) is 15.9. The summed E-state index contributed by atoms with van der Waals surface area (Å²) in [5, 5.41) is 15.6. The molecule has 154 valence electrons. The number of nitrogens with zero attached hydrogens (tertiary/aromatic N) is 5. The van der Waals surface area contributed by atoms with E-state index >= 15 is 0 Å². The Kier molecular flexibility index (Phi) is 4.57. The number of nitrogens with one attached hydrogen (secondary N) is 1. The maximum Gasteiger partial charge on any atom is 0.388 e. The summed E-state index contributed by atoms with van der Waals surface area (Å²) < 4.78 is 44.0. The van der Waals surface area contributed by atoms with Gasteiger partial charge < -0.3 is 10.1 Å². The van der Waals surface area contributed by atoms with E-state index in [-0.39, 0.29) is 11.3 Å². The maximum absolute atomic E-state index is 13.6. The fourth-order valence-corrected chi connectivity index (χ4v) is 3.81. The fraction of sp³-hybridized carbons (Fsp3) is 0.316. The van der Waals surface area contributed by atoms with Crippen LogP contribution < -0.4 is 10.1 Å². The molecule has 3 heterocycles. The monoisotopic (exact) mass is 416 g/mol. The van der Waals surface area contributed by atoms with Gasteiger partial charge in [0, 0.05) is 23.2 Å². The second-order valence-electron chi connectivity index (χ2n) is 7.50. The topological polar surface area (TPSA) is 105 Å². The Hall–Kier alpha value is -3.68. The van der Waals surface area contributed by atoms with Crippen LogP contribution in [0.15, 0.2) is 24.5 Å². The summed E-state index contributed by atoms with van der Waals surface area (Å²) in [6.45, 7) is 0.715. The first kappa shape index (κ1) is 19.6. The quantitative estimate of drug-likeness (QED) is 0.701.